The first-order valence-electron chi connectivity index (χ1n) is 4.61. The van der Waals surface area contributed by atoms with Crippen LogP contribution in [0.4, 0.5) is 0 Å². The summed E-state index contributed by atoms with van der Waals surface area (Å²) in [6, 6.07) is 0. The van der Waals surface area contributed by atoms with Crippen LogP contribution in [0, 0.1) is 0 Å². The molecule has 0 saturated heterocycles. The zero-order valence-corrected chi connectivity index (χ0v) is 9.05. The highest BCUT2D eigenvalue weighted by molar-refractivity contribution is 5.83. The zero-order valence-electron chi connectivity index (χ0n) is 9.05. The summed E-state index contributed by atoms with van der Waals surface area (Å²) in [5.74, 6) is 0.167. The van der Waals surface area contributed by atoms with Gasteiger partial charge in [-0.15, -0.1) is 0 Å². The Morgan fingerprint density at radius 3 is 1.31 bits per heavy atom. The van der Waals surface area contributed by atoms with E-state index in [1.807, 2.05) is 13.8 Å². The Balaban J connectivity index is 0. The number of Topliss-reactive ketones (excluding diaryl/α,β-unsaturated/α-hetero) is 2. The van der Waals surface area contributed by atoms with E-state index < -0.39 is 0 Å². The quantitative estimate of drug-likeness (QED) is 0.662. The summed E-state index contributed by atoms with van der Waals surface area (Å²) in [6.45, 7) is 8.64. The Labute approximate surface area is 80.5 Å². The van der Waals surface area contributed by atoms with Crippen molar-refractivity contribution < 1.29 is 14.3 Å². The molecule has 0 N–H and O–H groups in total. The van der Waals surface area contributed by atoms with Crippen molar-refractivity contribution in [1.29, 1.82) is 0 Å². The van der Waals surface area contributed by atoms with Crippen molar-refractivity contribution in [1.82, 2.24) is 0 Å². The molecule has 0 aromatic rings. The van der Waals surface area contributed by atoms with Gasteiger partial charge >= 0.3 is 0 Å². The number of carbonyl (C=O) groups excluding carboxylic acids is 2. The number of hydrogen-bond donors (Lipinski definition) is 0. The van der Waals surface area contributed by atoms with Gasteiger partial charge in [0.25, 0.3) is 0 Å². The maximum atomic E-state index is 10.2. The molecule has 0 amide bonds. The van der Waals surface area contributed by atoms with Crippen LogP contribution in [0.3, 0.4) is 0 Å². The largest absolute Gasteiger partial charge is 0.382 e. The average Bonchev–Trinajstić information content (AvgIpc) is 2.03. The molecule has 0 aromatic carbocycles. The summed E-state index contributed by atoms with van der Waals surface area (Å²) in [6.07, 6.45) is 0.796. The minimum Gasteiger partial charge on any atom is -0.382 e. The van der Waals surface area contributed by atoms with E-state index in [-0.39, 0.29) is 11.6 Å². The van der Waals surface area contributed by atoms with Gasteiger partial charge in [-0.1, -0.05) is 0 Å². The van der Waals surface area contributed by atoms with E-state index in [2.05, 4.69) is 0 Å². The molecule has 0 aliphatic rings. The molecular weight excluding hydrogens is 168 g/mol. The third kappa shape index (κ3) is 24.6. The van der Waals surface area contributed by atoms with Gasteiger partial charge in [-0.05, 0) is 27.7 Å². The van der Waals surface area contributed by atoms with Crippen molar-refractivity contribution in [3.05, 3.63) is 0 Å². The van der Waals surface area contributed by atoms with Gasteiger partial charge in [-0.3, -0.25) is 0 Å². The first-order valence-corrected chi connectivity index (χ1v) is 4.61. The molecule has 3 nitrogen and oxygen atoms in total. The molecule has 0 aromatic heterocycles. The molecular formula is C10H20O3. The zero-order chi connectivity index (χ0) is 10.7. The monoisotopic (exact) mass is 188 g/mol. The molecule has 3 heteroatoms. The number of ketones is 2. The Hall–Kier alpha value is -0.700. The standard InChI is InChI=1S/C6H10O2.C4H10O/c1-5(7)3-4-6(2)8;1-3-5-4-2/h3-4H2,1-2H3;3-4H2,1-2H3. The molecule has 0 aliphatic heterocycles. The van der Waals surface area contributed by atoms with Crippen molar-refractivity contribution in [2.45, 2.75) is 40.5 Å². The fourth-order valence-electron chi connectivity index (χ4n) is 0.556. The van der Waals surface area contributed by atoms with E-state index in [9.17, 15) is 9.59 Å². The van der Waals surface area contributed by atoms with E-state index in [0.717, 1.165) is 13.2 Å². The fraction of sp³-hybridized carbons (Fsp3) is 0.800. The lowest BCUT2D eigenvalue weighted by Crippen LogP contribution is -1.95. The third-order valence-corrected chi connectivity index (χ3v) is 1.24. The lowest BCUT2D eigenvalue weighted by atomic mass is 10.2. The summed E-state index contributed by atoms with van der Waals surface area (Å²) in [4.78, 5) is 20.4. The van der Waals surface area contributed by atoms with Gasteiger partial charge in [-0.25, -0.2) is 0 Å². The van der Waals surface area contributed by atoms with E-state index in [1.54, 1.807) is 0 Å². The molecule has 13 heavy (non-hydrogen) atoms. The van der Waals surface area contributed by atoms with Crippen molar-refractivity contribution in [2.75, 3.05) is 13.2 Å². The number of hydrogen-bond acceptors (Lipinski definition) is 3. The summed E-state index contributed by atoms with van der Waals surface area (Å²) in [5.41, 5.74) is 0. The maximum Gasteiger partial charge on any atom is 0.130 e. The highest BCUT2D eigenvalue weighted by Crippen LogP contribution is 1.89. The number of rotatable bonds is 5. The van der Waals surface area contributed by atoms with Crippen LogP contribution in [0.25, 0.3) is 0 Å². The van der Waals surface area contributed by atoms with Gasteiger partial charge in [-0.2, -0.15) is 0 Å². The second kappa shape index (κ2) is 11.3. The average molecular weight is 188 g/mol. The van der Waals surface area contributed by atoms with Gasteiger partial charge in [0, 0.05) is 26.1 Å². The van der Waals surface area contributed by atoms with Gasteiger partial charge in [0.05, 0.1) is 0 Å². The molecule has 0 bridgehead atoms. The van der Waals surface area contributed by atoms with Crippen molar-refractivity contribution >= 4 is 11.6 Å². The summed E-state index contributed by atoms with van der Waals surface area (Å²) in [7, 11) is 0. The fourth-order valence-corrected chi connectivity index (χ4v) is 0.556. The van der Waals surface area contributed by atoms with E-state index >= 15 is 0 Å². The van der Waals surface area contributed by atoms with Crippen LogP contribution in [0.5, 0.6) is 0 Å². The van der Waals surface area contributed by atoms with Crippen molar-refractivity contribution in [2.24, 2.45) is 0 Å². The van der Waals surface area contributed by atoms with Gasteiger partial charge in [0.2, 0.25) is 0 Å². The number of ether oxygens (including phenoxy) is 1. The first kappa shape index (κ1) is 14.8. The normalized spacial score (nSPS) is 8.62. The molecule has 0 atom stereocenters. The summed E-state index contributed by atoms with van der Waals surface area (Å²) in [5, 5.41) is 0. The van der Waals surface area contributed by atoms with Crippen LogP contribution in [0.2, 0.25) is 0 Å². The Morgan fingerprint density at radius 2 is 1.23 bits per heavy atom. The Bertz CT molecular complexity index is 125. The summed E-state index contributed by atoms with van der Waals surface area (Å²) < 4.78 is 4.83. The molecule has 0 rings (SSSR count). The van der Waals surface area contributed by atoms with Gasteiger partial charge in [0.15, 0.2) is 0 Å². The van der Waals surface area contributed by atoms with E-state index in [0.29, 0.717) is 12.8 Å². The predicted molar refractivity (Wildman–Crippen MR) is 52.8 cm³/mol. The van der Waals surface area contributed by atoms with Crippen LogP contribution >= 0.6 is 0 Å². The van der Waals surface area contributed by atoms with Gasteiger partial charge < -0.3 is 14.3 Å². The lowest BCUT2D eigenvalue weighted by molar-refractivity contribution is -0.122. The number of carbonyl (C=O) groups is 2. The topological polar surface area (TPSA) is 43.4 Å². The molecule has 0 heterocycles. The second-order valence-electron chi connectivity index (χ2n) is 2.69. The molecule has 0 radical (unpaired) electrons. The molecule has 0 fully saturated rings. The molecule has 0 unspecified atom stereocenters. The SMILES string of the molecule is CC(=O)CCC(C)=O.CCOCC. The van der Waals surface area contributed by atoms with E-state index in [1.165, 1.54) is 13.8 Å². The van der Waals surface area contributed by atoms with Crippen LogP contribution in [0.1, 0.15) is 40.5 Å². The molecule has 78 valence electrons. The molecule has 0 aliphatic carbocycles. The van der Waals surface area contributed by atoms with E-state index in [4.69, 9.17) is 4.74 Å². The molecule has 0 saturated carbocycles. The highest BCUT2D eigenvalue weighted by Gasteiger charge is 1.95. The lowest BCUT2D eigenvalue weighted by Gasteiger charge is -1.86. The van der Waals surface area contributed by atoms with Crippen LogP contribution in [0.15, 0.2) is 0 Å². The van der Waals surface area contributed by atoms with Gasteiger partial charge in [0.1, 0.15) is 11.6 Å². The Kier molecular flexibility index (Phi) is 12.9. The molecule has 0 spiro atoms. The van der Waals surface area contributed by atoms with Crippen LogP contribution in [-0.4, -0.2) is 24.8 Å². The minimum absolute atomic E-state index is 0.0835. The smallest absolute Gasteiger partial charge is 0.130 e. The highest BCUT2D eigenvalue weighted by atomic mass is 16.5. The minimum atomic E-state index is 0.0835. The van der Waals surface area contributed by atoms with Crippen LogP contribution < -0.4 is 0 Å². The predicted octanol–water partition coefficient (Wildman–Crippen LogP) is 1.99. The second-order valence-corrected chi connectivity index (χ2v) is 2.69. The third-order valence-electron chi connectivity index (χ3n) is 1.24. The maximum absolute atomic E-state index is 10.2. The first-order chi connectivity index (χ1) is 6.04. The van der Waals surface area contributed by atoms with Crippen molar-refractivity contribution in [3.63, 3.8) is 0 Å². The summed E-state index contributed by atoms with van der Waals surface area (Å²) >= 11 is 0. The van der Waals surface area contributed by atoms with Crippen molar-refractivity contribution in [3.8, 4) is 0 Å². The van der Waals surface area contributed by atoms with Crippen LogP contribution in [-0.2, 0) is 14.3 Å². The Morgan fingerprint density at radius 1 is 0.923 bits per heavy atom.